The first kappa shape index (κ1) is 30.4. The van der Waals surface area contributed by atoms with Crippen molar-refractivity contribution >= 4 is 38.1 Å². The van der Waals surface area contributed by atoms with Crippen LogP contribution in [0.15, 0.2) is 40.8 Å². The van der Waals surface area contributed by atoms with Crippen molar-refractivity contribution in [1.29, 1.82) is 0 Å². The van der Waals surface area contributed by atoms with Gasteiger partial charge in [0.2, 0.25) is 0 Å². The molecule has 8 nitrogen and oxygen atoms in total. The zero-order valence-electron chi connectivity index (χ0n) is 24.6. The summed E-state index contributed by atoms with van der Waals surface area (Å²) >= 11 is 6.73. The van der Waals surface area contributed by atoms with Crippen molar-refractivity contribution in [2.75, 3.05) is 25.7 Å². The molecule has 3 aliphatic rings. The summed E-state index contributed by atoms with van der Waals surface area (Å²) < 4.78 is 65.5. The Morgan fingerprint density at radius 1 is 1.14 bits per heavy atom. The van der Waals surface area contributed by atoms with E-state index in [1.54, 1.807) is 30.1 Å². The van der Waals surface area contributed by atoms with Gasteiger partial charge in [0.25, 0.3) is 0 Å². The minimum absolute atomic E-state index is 0.0271. The van der Waals surface area contributed by atoms with Crippen LogP contribution in [0.2, 0.25) is 5.02 Å². The Kier molecular flexibility index (Phi) is 8.54. The van der Waals surface area contributed by atoms with E-state index in [4.69, 9.17) is 30.8 Å². The van der Waals surface area contributed by atoms with Crippen molar-refractivity contribution in [1.82, 2.24) is 14.5 Å². The standard InChI is InChI=1S/C31H37ClF2N4O4S/c1-4-25-31(33,34)26(18-41-25)42-30-35-24-17-23(32)28(36-29(24)38(30)27-7-5-6-16-40-27)21-10-8-19(9-11-21)20-12-14-22(15-13-20)37-43(2,3)39/h8-12,17,22,25-27H,4-7,13-16,18H2,1-3H3/t22?,25-,26-,27?/m1/s1. The van der Waals surface area contributed by atoms with Crippen LogP contribution in [0.25, 0.3) is 28.0 Å². The van der Waals surface area contributed by atoms with Gasteiger partial charge in [-0.2, -0.15) is 13.8 Å². The number of pyridine rings is 1. The quantitative estimate of drug-likeness (QED) is 0.271. The maximum absolute atomic E-state index is 15.0. The summed E-state index contributed by atoms with van der Waals surface area (Å²) in [7, 11) is -2.12. The molecule has 2 fully saturated rings. The van der Waals surface area contributed by atoms with E-state index in [1.165, 1.54) is 5.57 Å². The van der Waals surface area contributed by atoms with Crippen molar-refractivity contribution in [3.8, 4) is 17.3 Å². The first-order valence-electron chi connectivity index (χ1n) is 14.9. The molecule has 4 heterocycles. The maximum Gasteiger partial charge on any atom is 0.311 e. The lowest BCUT2D eigenvalue weighted by Gasteiger charge is -2.27. The largest absolute Gasteiger partial charge is 0.452 e. The zero-order valence-corrected chi connectivity index (χ0v) is 26.2. The highest BCUT2D eigenvalue weighted by Crippen LogP contribution is 2.40. The smallest absolute Gasteiger partial charge is 0.311 e. The number of ether oxygens (including phenoxy) is 3. The van der Waals surface area contributed by atoms with Crippen LogP contribution in [0.1, 0.15) is 63.7 Å². The fraction of sp³-hybridized carbons (Fsp3) is 0.548. The summed E-state index contributed by atoms with van der Waals surface area (Å²) in [6.07, 6.45) is 7.64. The third-order valence-corrected chi connectivity index (χ3v) is 9.37. The van der Waals surface area contributed by atoms with Gasteiger partial charge in [-0.1, -0.05) is 48.9 Å². The molecule has 1 aromatic carbocycles. The highest BCUT2D eigenvalue weighted by molar-refractivity contribution is 7.92. The third-order valence-electron chi connectivity index (χ3n) is 8.27. The van der Waals surface area contributed by atoms with Gasteiger partial charge >= 0.3 is 11.9 Å². The van der Waals surface area contributed by atoms with E-state index >= 15 is 8.78 Å². The normalized spacial score (nSPS) is 26.0. The number of rotatable bonds is 7. The van der Waals surface area contributed by atoms with Gasteiger partial charge in [-0.05, 0) is 62.1 Å². The van der Waals surface area contributed by atoms with E-state index < -0.39 is 34.1 Å². The summed E-state index contributed by atoms with van der Waals surface area (Å²) in [5, 5.41) is 0.394. The van der Waals surface area contributed by atoms with Crippen LogP contribution in [0, 0.1) is 0 Å². The number of aromatic nitrogens is 3. The first-order valence-corrected chi connectivity index (χ1v) is 17.6. The molecule has 43 heavy (non-hydrogen) atoms. The number of allylic oxidation sites excluding steroid dienone is 1. The van der Waals surface area contributed by atoms with Crippen LogP contribution in [-0.4, -0.2) is 68.6 Å². The van der Waals surface area contributed by atoms with E-state index in [2.05, 4.69) is 15.4 Å². The molecule has 232 valence electrons. The molecule has 2 saturated heterocycles. The number of alkyl halides is 2. The first-order chi connectivity index (χ1) is 20.5. The van der Waals surface area contributed by atoms with Crippen LogP contribution in [0.4, 0.5) is 8.78 Å². The molecule has 0 radical (unpaired) electrons. The summed E-state index contributed by atoms with van der Waals surface area (Å²) in [4.78, 5) is 9.46. The average Bonchev–Trinajstić information content (AvgIpc) is 3.47. The van der Waals surface area contributed by atoms with Crippen LogP contribution in [0.5, 0.6) is 6.01 Å². The molecule has 0 N–H and O–H groups in total. The topological polar surface area (TPSA) is 87.8 Å². The van der Waals surface area contributed by atoms with Crippen molar-refractivity contribution in [2.45, 2.75) is 82.3 Å². The van der Waals surface area contributed by atoms with Gasteiger partial charge in [-0.3, -0.25) is 8.78 Å². The summed E-state index contributed by atoms with van der Waals surface area (Å²) in [5.41, 5.74) is 4.63. The van der Waals surface area contributed by atoms with E-state index in [-0.39, 0.29) is 25.1 Å². The third kappa shape index (κ3) is 6.32. The Labute approximate surface area is 256 Å². The Hall–Kier alpha value is -2.60. The molecule has 0 amide bonds. The van der Waals surface area contributed by atoms with Gasteiger partial charge < -0.3 is 14.2 Å². The summed E-state index contributed by atoms with van der Waals surface area (Å²) in [6, 6.07) is 9.87. The number of nitrogens with zero attached hydrogens (tertiary/aromatic N) is 4. The molecular formula is C31H37ClF2N4O4S. The second-order valence-electron chi connectivity index (χ2n) is 11.8. The Morgan fingerprint density at radius 2 is 1.91 bits per heavy atom. The van der Waals surface area contributed by atoms with Gasteiger partial charge in [0.1, 0.15) is 17.8 Å². The Balaban J connectivity index is 1.32. The van der Waals surface area contributed by atoms with Crippen LogP contribution < -0.4 is 4.74 Å². The molecule has 1 aliphatic carbocycles. The maximum atomic E-state index is 15.0. The molecule has 2 unspecified atom stereocenters. The lowest BCUT2D eigenvalue weighted by molar-refractivity contribution is -0.109. The molecule has 2 aromatic heterocycles. The Morgan fingerprint density at radius 3 is 2.53 bits per heavy atom. The second kappa shape index (κ2) is 12.1. The monoisotopic (exact) mass is 634 g/mol. The van der Waals surface area contributed by atoms with E-state index in [9.17, 15) is 4.21 Å². The minimum Gasteiger partial charge on any atom is -0.452 e. The fourth-order valence-electron chi connectivity index (χ4n) is 6.09. The minimum atomic E-state index is -3.15. The summed E-state index contributed by atoms with van der Waals surface area (Å²) in [6.45, 7) is 1.99. The predicted octanol–water partition coefficient (Wildman–Crippen LogP) is 7.31. The molecule has 2 aliphatic heterocycles. The number of hydrogen-bond donors (Lipinski definition) is 0. The average molecular weight is 635 g/mol. The molecule has 4 atom stereocenters. The highest BCUT2D eigenvalue weighted by atomic mass is 35.5. The lowest BCUT2D eigenvalue weighted by atomic mass is 9.90. The van der Waals surface area contributed by atoms with Gasteiger partial charge in [-0.15, -0.1) is 0 Å². The fourth-order valence-corrected chi connectivity index (χ4v) is 7.26. The van der Waals surface area contributed by atoms with Gasteiger partial charge in [-0.25, -0.2) is 9.35 Å². The molecule has 3 aromatic rings. The molecular weight excluding hydrogens is 598 g/mol. The van der Waals surface area contributed by atoms with Crippen LogP contribution in [-0.2, 0) is 19.2 Å². The number of imidazole rings is 1. The molecule has 0 spiro atoms. The SMILES string of the molecule is CC[C@H]1OC[C@@H](Oc2nc3cc(Cl)c(-c4ccc(C5=CCC(N=S(C)(C)=O)CC5)cc4)nc3n2C2CCCCO2)C1(F)F. The molecule has 6 rings (SSSR count). The van der Waals surface area contributed by atoms with E-state index in [1.807, 2.05) is 24.3 Å². The predicted molar refractivity (Wildman–Crippen MR) is 164 cm³/mol. The van der Waals surface area contributed by atoms with Gasteiger partial charge in [0, 0.05) is 34.4 Å². The number of halogens is 3. The number of fused-ring (bicyclic) bond motifs is 1. The van der Waals surface area contributed by atoms with Crippen molar-refractivity contribution in [3.63, 3.8) is 0 Å². The van der Waals surface area contributed by atoms with Crippen LogP contribution >= 0.6 is 11.6 Å². The van der Waals surface area contributed by atoms with E-state index in [0.29, 0.717) is 34.9 Å². The molecule has 0 saturated carbocycles. The zero-order chi connectivity index (χ0) is 30.4. The Bertz CT molecular complexity index is 1640. The number of hydrogen-bond acceptors (Lipinski definition) is 7. The van der Waals surface area contributed by atoms with Gasteiger partial charge in [0.15, 0.2) is 11.8 Å². The van der Waals surface area contributed by atoms with Crippen molar-refractivity contribution < 1.29 is 27.2 Å². The highest BCUT2D eigenvalue weighted by Gasteiger charge is 2.55. The van der Waals surface area contributed by atoms with Gasteiger partial charge in [0.05, 0.1) is 23.4 Å². The number of benzene rings is 1. The molecule has 0 bridgehead atoms. The van der Waals surface area contributed by atoms with Crippen molar-refractivity contribution in [3.05, 3.63) is 47.0 Å². The van der Waals surface area contributed by atoms with Crippen LogP contribution in [0.3, 0.4) is 0 Å². The summed E-state index contributed by atoms with van der Waals surface area (Å²) in [5.74, 6) is -3.15. The molecule has 12 heteroatoms. The van der Waals surface area contributed by atoms with E-state index in [0.717, 1.165) is 43.2 Å². The second-order valence-corrected chi connectivity index (χ2v) is 14.8. The van der Waals surface area contributed by atoms with Crippen molar-refractivity contribution in [2.24, 2.45) is 4.36 Å². The lowest BCUT2D eigenvalue weighted by Crippen LogP contribution is -2.42.